The van der Waals surface area contributed by atoms with E-state index in [0.29, 0.717) is 5.75 Å². The van der Waals surface area contributed by atoms with Gasteiger partial charge in [-0.15, -0.1) is 0 Å². The van der Waals surface area contributed by atoms with E-state index < -0.39 is 75.5 Å². The van der Waals surface area contributed by atoms with E-state index in [-0.39, 0.29) is 25.9 Å². The standard InChI is InChI=1S/C33H50O10/c1-30(2,3)29(40)42-18-24-22(16-32(6,7)27(36)37)21(15-31(4,5)26(34)35)23(17-33(8,9)28(38)39)25(43-24)19-11-13-20(41-10)14-12-19/h11-14,21-25H,15-18H2,1-10H3,(H,34,35)(H,36,37)(H,38,39)/t21-,22+,23-,24-,25+/m0/s1. The Hall–Kier alpha value is -3.14. The molecule has 0 radical (unpaired) electrons. The van der Waals surface area contributed by atoms with Crippen molar-refractivity contribution >= 4 is 23.9 Å². The molecule has 1 saturated heterocycles. The first kappa shape index (κ1) is 36.1. The average Bonchev–Trinajstić information content (AvgIpc) is 2.88. The fourth-order valence-electron chi connectivity index (χ4n) is 5.74. The number of carboxylic acid groups (broad SMARTS) is 3. The molecule has 0 spiro atoms. The number of benzene rings is 1. The fraction of sp³-hybridized carbons (Fsp3) is 0.697. The summed E-state index contributed by atoms with van der Waals surface area (Å²) in [4.78, 5) is 50.0. The van der Waals surface area contributed by atoms with Crippen molar-refractivity contribution in [3.63, 3.8) is 0 Å². The number of rotatable bonds is 13. The molecule has 2 rings (SSSR count). The van der Waals surface area contributed by atoms with Gasteiger partial charge in [-0.1, -0.05) is 12.1 Å². The number of esters is 1. The quantitative estimate of drug-likeness (QED) is 0.225. The highest BCUT2D eigenvalue weighted by atomic mass is 16.6. The lowest BCUT2D eigenvalue weighted by atomic mass is 9.60. The van der Waals surface area contributed by atoms with E-state index >= 15 is 0 Å². The Balaban J connectivity index is 2.81. The molecule has 1 fully saturated rings. The third-order valence-corrected chi connectivity index (χ3v) is 8.70. The van der Waals surface area contributed by atoms with Crippen molar-refractivity contribution < 1.29 is 48.7 Å². The maximum atomic E-state index is 12.8. The molecule has 0 aliphatic carbocycles. The van der Waals surface area contributed by atoms with Crippen molar-refractivity contribution in [3.05, 3.63) is 29.8 Å². The lowest BCUT2D eigenvalue weighted by Gasteiger charge is -2.51. The molecule has 3 N–H and O–H groups in total. The van der Waals surface area contributed by atoms with Gasteiger partial charge in [-0.05, 0) is 117 Å². The molecule has 10 nitrogen and oxygen atoms in total. The average molecular weight is 607 g/mol. The molecule has 242 valence electrons. The number of aliphatic carboxylic acids is 3. The van der Waals surface area contributed by atoms with E-state index in [1.54, 1.807) is 81.6 Å². The highest BCUT2D eigenvalue weighted by molar-refractivity contribution is 5.76. The number of methoxy groups -OCH3 is 1. The number of carbonyl (C=O) groups excluding carboxylic acids is 1. The summed E-state index contributed by atoms with van der Waals surface area (Å²) in [6, 6.07) is 7.18. The number of carboxylic acids is 3. The van der Waals surface area contributed by atoms with Gasteiger partial charge in [0, 0.05) is 0 Å². The van der Waals surface area contributed by atoms with Gasteiger partial charge < -0.3 is 29.5 Å². The van der Waals surface area contributed by atoms with Crippen molar-refractivity contribution in [2.75, 3.05) is 13.7 Å². The smallest absolute Gasteiger partial charge is 0.311 e. The highest BCUT2D eigenvalue weighted by Crippen LogP contribution is 2.54. The molecule has 5 atom stereocenters. The molecule has 0 aromatic heterocycles. The number of hydrogen-bond acceptors (Lipinski definition) is 7. The predicted molar refractivity (Wildman–Crippen MR) is 160 cm³/mol. The van der Waals surface area contributed by atoms with E-state index in [1.165, 1.54) is 0 Å². The van der Waals surface area contributed by atoms with Crippen LogP contribution in [0, 0.1) is 39.4 Å². The summed E-state index contributed by atoms with van der Waals surface area (Å²) in [7, 11) is 1.54. The van der Waals surface area contributed by atoms with Crippen LogP contribution < -0.4 is 4.74 Å². The first-order valence-corrected chi connectivity index (χ1v) is 14.7. The predicted octanol–water partition coefficient (Wildman–Crippen LogP) is 6.08. The molecule has 0 unspecified atom stereocenters. The summed E-state index contributed by atoms with van der Waals surface area (Å²) < 4.78 is 17.8. The van der Waals surface area contributed by atoms with Crippen LogP contribution in [-0.2, 0) is 28.7 Å². The minimum atomic E-state index is -1.23. The van der Waals surface area contributed by atoms with Crippen molar-refractivity contribution in [2.24, 2.45) is 39.4 Å². The Morgan fingerprint density at radius 1 is 0.698 bits per heavy atom. The molecule has 43 heavy (non-hydrogen) atoms. The minimum Gasteiger partial charge on any atom is -0.497 e. The second-order valence-corrected chi connectivity index (χ2v) is 14.9. The lowest BCUT2D eigenvalue weighted by molar-refractivity contribution is -0.199. The number of ether oxygens (including phenoxy) is 3. The Bertz CT molecular complexity index is 1160. The van der Waals surface area contributed by atoms with Crippen LogP contribution in [0.25, 0.3) is 0 Å². The monoisotopic (exact) mass is 606 g/mol. The Labute approximate surface area is 255 Å². The maximum absolute atomic E-state index is 12.8. The van der Waals surface area contributed by atoms with Crippen molar-refractivity contribution in [1.82, 2.24) is 0 Å². The summed E-state index contributed by atoms with van der Waals surface area (Å²) in [5.74, 6) is -4.49. The molecular formula is C33H50O10. The number of hydrogen-bond donors (Lipinski definition) is 3. The topological polar surface area (TPSA) is 157 Å². The van der Waals surface area contributed by atoms with Crippen LogP contribution in [0.5, 0.6) is 5.75 Å². The highest BCUT2D eigenvalue weighted by Gasteiger charge is 2.53. The number of carbonyl (C=O) groups is 4. The SMILES string of the molecule is COc1ccc([C@H]2O[C@@H](COC(=O)C(C)(C)C)[C@H](CC(C)(C)C(=O)O)[C@H](CC(C)(C)C(=O)O)[C@@H]2CC(C)(C)C(=O)O)cc1. The van der Waals surface area contributed by atoms with Crippen LogP contribution in [0.15, 0.2) is 24.3 Å². The lowest BCUT2D eigenvalue weighted by Crippen LogP contribution is -2.51. The Morgan fingerprint density at radius 2 is 1.12 bits per heavy atom. The van der Waals surface area contributed by atoms with E-state index in [1.807, 2.05) is 12.1 Å². The van der Waals surface area contributed by atoms with Gasteiger partial charge in [-0.3, -0.25) is 19.2 Å². The zero-order chi connectivity index (χ0) is 33.1. The van der Waals surface area contributed by atoms with E-state index in [4.69, 9.17) is 14.2 Å². The second kappa shape index (κ2) is 13.2. The van der Waals surface area contributed by atoms with Crippen LogP contribution in [0.1, 0.15) is 93.2 Å². The minimum absolute atomic E-state index is 0.0970. The van der Waals surface area contributed by atoms with Crippen LogP contribution in [0.2, 0.25) is 0 Å². The van der Waals surface area contributed by atoms with Gasteiger partial charge in [-0.2, -0.15) is 0 Å². The third kappa shape index (κ3) is 8.94. The summed E-state index contributed by atoms with van der Waals surface area (Å²) >= 11 is 0. The van der Waals surface area contributed by atoms with E-state index in [2.05, 4.69) is 0 Å². The summed E-state index contributed by atoms with van der Waals surface area (Å²) in [5, 5.41) is 30.4. The molecule has 10 heteroatoms. The molecule has 1 aliphatic heterocycles. The molecule has 1 heterocycles. The van der Waals surface area contributed by atoms with Crippen LogP contribution in [-0.4, -0.2) is 59.0 Å². The van der Waals surface area contributed by atoms with Gasteiger partial charge in [0.1, 0.15) is 12.4 Å². The fourth-order valence-corrected chi connectivity index (χ4v) is 5.74. The van der Waals surface area contributed by atoms with Gasteiger partial charge in [-0.25, -0.2) is 0 Å². The normalized spacial score (nSPS) is 23.3. The van der Waals surface area contributed by atoms with Crippen molar-refractivity contribution in [1.29, 1.82) is 0 Å². The van der Waals surface area contributed by atoms with Gasteiger partial charge >= 0.3 is 23.9 Å². The Kier molecular flexibility index (Phi) is 11.1. The van der Waals surface area contributed by atoms with Gasteiger partial charge in [0.25, 0.3) is 0 Å². The molecule has 0 saturated carbocycles. The molecular weight excluding hydrogens is 556 g/mol. The van der Waals surface area contributed by atoms with Crippen molar-refractivity contribution in [2.45, 2.75) is 93.8 Å². The zero-order valence-corrected chi connectivity index (χ0v) is 27.2. The van der Waals surface area contributed by atoms with Gasteiger partial charge in [0.15, 0.2) is 0 Å². The summed E-state index contributed by atoms with van der Waals surface area (Å²) in [5.41, 5.74) is -3.73. The van der Waals surface area contributed by atoms with Crippen LogP contribution in [0.3, 0.4) is 0 Å². The van der Waals surface area contributed by atoms with Crippen LogP contribution in [0.4, 0.5) is 0 Å². The molecule has 0 amide bonds. The molecule has 0 bridgehead atoms. The molecule has 1 aliphatic rings. The molecule has 1 aromatic carbocycles. The van der Waals surface area contributed by atoms with Crippen molar-refractivity contribution in [3.8, 4) is 5.75 Å². The van der Waals surface area contributed by atoms with Gasteiger partial charge in [0.05, 0.1) is 41.0 Å². The Morgan fingerprint density at radius 3 is 1.51 bits per heavy atom. The summed E-state index contributed by atoms with van der Waals surface area (Å²) in [6.45, 7) is 14.7. The first-order valence-electron chi connectivity index (χ1n) is 14.7. The first-order chi connectivity index (χ1) is 19.5. The van der Waals surface area contributed by atoms with Gasteiger partial charge in [0.2, 0.25) is 0 Å². The zero-order valence-electron chi connectivity index (χ0n) is 27.2. The maximum Gasteiger partial charge on any atom is 0.311 e. The van der Waals surface area contributed by atoms with E-state index in [0.717, 1.165) is 5.56 Å². The molecule has 1 aromatic rings. The third-order valence-electron chi connectivity index (χ3n) is 8.70. The largest absolute Gasteiger partial charge is 0.497 e. The van der Waals surface area contributed by atoms with Crippen LogP contribution >= 0.6 is 0 Å². The summed E-state index contributed by atoms with van der Waals surface area (Å²) in [6.07, 6.45) is -1.11. The van der Waals surface area contributed by atoms with E-state index in [9.17, 15) is 34.5 Å². The second-order valence-electron chi connectivity index (χ2n) is 14.9.